The molecule has 0 radical (unpaired) electrons. The second-order valence-electron chi connectivity index (χ2n) is 19.6. The standard InChI is InChI=1S/C59H83N3O12/c1-5-7-8-9-10-11-12-13-17-26-55(66)62(31-36-70-37-34-65)54-41-51(61-72-42-43-22-15-14-16-23-43)48-38-44(24-18-20-32-63)47(25-19-21-33-64)56-49-39-46(28-30-52(49)74-59(54,57(48)56)71-35-6-2)73-58(67)60-50-29-27-45(68-3)40-53(50)69-4/h6,14-16,22-23,27-30,38-40,44,47,54,56-57,63-65H,2,5,7-13,17-21,24-26,31-37,41-42H2,1,3-4H3,(H,60,67)/t44-,47+,54-,56+,57+,59+/m0/s1. The molecule has 6 rings (SSSR count). The van der Waals surface area contributed by atoms with Gasteiger partial charge in [-0.2, -0.15) is 0 Å². The van der Waals surface area contributed by atoms with Crippen molar-refractivity contribution in [3.63, 3.8) is 0 Å². The number of nitrogens with one attached hydrogen (secondary N) is 1. The Morgan fingerprint density at radius 1 is 0.838 bits per heavy atom. The Kier molecular flexibility index (Phi) is 24.1. The fourth-order valence-electron chi connectivity index (χ4n) is 11.1. The predicted octanol–water partition coefficient (Wildman–Crippen LogP) is 10.9. The molecule has 4 N–H and O–H groups in total. The van der Waals surface area contributed by atoms with E-state index in [4.69, 9.17) is 38.4 Å². The minimum Gasteiger partial charge on any atom is -0.497 e. The summed E-state index contributed by atoms with van der Waals surface area (Å²) in [4.78, 5) is 37.0. The fraction of sp³-hybridized carbons (Fsp3) is 0.576. The van der Waals surface area contributed by atoms with Gasteiger partial charge in [-0.25, -0.2) is 4.79 Å². The van der Waals surface area contributed by atoms with Crippen molar-refractivity contribution in [2.75, 3.05) is 65.7 Å². The zero-order chi connectivity index (χ0) is 52.5. The second kappa shape index (κ2) is 30.8. The van der Waals surface area contributed by atoms with Crippen LogP contribution in [0.5, 0.6) is 23.0 Å². The van der Waals surface area contributed by atoms with E-state index in [-0.39, 0.29) is 88.6 Å². The highest BCUT2D eigenvalue weighted by Gasteiger charge is 2.65. The monoisotopic (exact) mass is 1030 g/mol. The molecule has 3 aromatic carbocycles. The molecule has 0 bridgehead atoms. The number of oxime groups is 1. The van der Waals surface area contributed by atoms with Crippen LogP contribution in [0.3, 0.4) is 0 Å². The number of hydrogen-bond acceptors (Lipinski definition) is 13. The number of nitrogens with zero attached hydrogens (tertiary/aromatic N) is 2. The number of aliphatic hydroxyl groups is 3. The molecule has 406 valence electrons. The maximum absolute atomic E-state index is 15.1. The van der Waals surface area contributed by atoms with E-state index in [0.717, 1.165) is 68.1 Å². The molecule has 1 saturated carbocycles. The number of hydrogen-bond donors (Lipinski definition) is 4. The van der Waals surface area contributed by atoms with Crippen molar-refractivity contribution in [3.05, 3.63) is 102 Å². The molecular formula is C59H83N3O12. The molecule has 1 heterocycles. The number of methoxy groups -OCH3 is 2. The lowest BCUT2D eigenvalue weighted by molar-refractivity contribution is -0.258. The van der Waals surface area contributed by atoms with E-state index in [0.29, 0.717) is 47.9 Å². The van der Waals surface area contributed by atoms with Crippen LogP contribution in [-0.2, 0) is 25.7 Å². The number of anilines is 1. The first-order valence-corrected chi connectivity index (χ1v) is 27.2. The lowest BCUT2D eigenvalue weighted by atomic mass is 9.55. The van der Waals surface area contributed by atoms with Gasteiger partial charge in [0.05, 0.1) is 58.0 Å². The number of ether oxygens (including phenoxy) is 6. The van der Waals surface area contributed by atoms with Gasteiger partial charge in [0.25, 0.3) is 0 Å². The van der Waals surface area contributed by atoms with E-state index in [2.05, 4.69) is 24.9 Å². The third-order valence-corrected chi connectivity index (χ3v) is 14.7. The van der Waals surface area contributed by atoms with Gasteiger partial charge in [0, 0.05) is 50.1 Å². The minimum atomic E-state index is -1.49. The number of fused-ring (bicyclic) bond motifs is 2. The molecule has 6 atom stereocenters. The summed E-state index contributed by atoms with van der Waals surface area (Å²) >= 11 is 0. The van der Waals surface area contributed by atoms with Crippen LogP contribution in [0.1, 0.15) is 133 Å². The molecule has 0 saturated heterocycles. The molecule has 15 heteroatoms. The molecule has 74 heavy (non-hydrogen) atoms. The quantitative estimate of drug-likeness (QED) is 0.0252. The van der Waals surface area contributed by atoms with Gasteiger partial charge in [0.15, 0.2) is 0 Å². The van der Waals surface area contributed by atoms with Crippen molar-refractivity contribution in [3.8, 4) is 23.0 Å². The Hall–Kier alpha value is -5.45. The summed E-state index contributed by atoms with van der Waals surface area (Å²) in [5.74, 6) is -0.772. The highest BCUT2D eigenvalue weighted by atomic mass is 16.7. The predicted molar refractivity (Wildman–Crippen MR) is 287 cm³/mol. The third-order valence-electron chi connectivity index (χ3n) is 14.7. The number of amides is 2. The first-order valence-electron chi connectivity index (χ1n) is 27.2. The second-order valence-corrected chi connectivity index (χ2v) is 19.6. The van der Waals surface area contributed by atoms with Gasteiger partial charge in [-0.3, -0.25) is 10.1 Å². The first kappa shape index (κ1) is 57.8. The molecule has 15 nitrogen and oxygen atoms in total. The van der Waals surface area contributed by atoms with E-state index in [1.165, 1.54) is 39.2 Å². The number of benzene rings is 3. The van der Waals surface area contributed by atoms with Crippen LogP contribution < -0.4 is 24.3 Å². The van der Waals surface area contributed by atoms with Gasteiger partial charge in [0.2, 0.25) is 11.7 Å². The summed E-state index contributed by atoms with van der Waals surface area (Å²) in [5, 5.41) is 37.6. The van der Waals surface area contributed by atoms with Crippen LogP contribution >= 0.6 is 0 Å². The van der Waals surface area contributed by atoms with E-state index in [1.807, 2.05) is 47.4 Å². The van der Waals surface area contributed by atoms with Crippen LogP contribution in [0, 0.1) is 17.8 Å². The van der Waals surface area contributed by atoms with E-state index in [1.54, 1.807) is 37.5 Å². The van der Waals surface area contributed by atoms with Gasteiger partial charge in [-0.1, -0.05) is 119 Å². The Balaban J connectivity index is 1.48. The average Bonchev–Trinajstić information content (AvgIpc) is 3.46. The number of rotatable bonds is 34. The third kappa shape index (κ3) is 15.6. The van der Waals surface area contributed by atoms with Gasteiger partial charge in [-0.15, -0.1) is 6.58 Å². The summed E-state index contributed by atoms with van der Waals surface area (Å²) in [6.45, 7) is 7.07. The first-order chi connectivity index (χ1) is 36.2. The average molecular weight is 1030 g/mol. The van der Waals surface area contributed by atoms with E-state index < -0.39 is 23.8 Å². The van der Waals surface area contributed by atoms with Crippen molar-refractivity contribution in [1.29, 1.82) is 0 Å². The smallest absolute Gasteiger partial charge is 0.417 e. The maximum atomic E-state index is 15.1. The molecule has 1 fully saturated rings. The van der Waals surface area contributed by atoms with Crippen molar-refractivity contribution in [1.82, 2.24) is 4.90 Å². The molecule has 3 aliphatic rings. The number of carbonyl (C=O) groups excluding carboxylic acids is 2. The van der Waals surface area contributed by atoms with Crippen LogP contribution in [0.2, 0.25) is 0 Å². The highest BCUT2D eigenvalue weighted by Crippen LogP contribution is 2.62. The van der Waals surface area contributed by atoms with E-state index >= 15 is 4.79 Å². The lowest BCUT2D eigenvalue weighted by Crippen LogP contribution is -2.70. The normalized spacial score (nSPS) is 21.1. The van der Waals surface area contributed by atoms with Gasteiger partial charge in [0.1, 0.15) is 35.6 Å². The SMILES string of the molecule is C=CCO[C@@]12Oc3ccc(OC(=O)Nc4ccc(OC)cc4OC)cc3[C@H]3[C@H](CCCCO)[C@@H](CCCCO)C=C(C(=NOCc4ccccc4)C[C@@H]1N(CCOCCO)C(=O)CCCCCCCCCCC)[C@H]32. The summed E-state index contributed by atoms with van der Waals surface area (Å²) < 4.78 is 37.5. The van der Waals surface area contributed by atoms with Crippen LogP contribution in [0.4, 0.5) is 10.5 Å². The van der Waals surface area contributed by atoms with Crippen molar-refractivity contribution in [2.45, 2.75) is 140 Å². The maximum Gasteiger partial charge on any atom is 0.417 e. The number of carbonyl (C=O) groups is 2. The molecule has 0 aromatic heterocycles. The van der Waals surface area contributed by atoms with Crippen molar-refractivity contribution >= 4 is 23.4 Å². The van der Waals surface area contributed by atoms with Crippen molar-refractivity contribution < 1.29 is 58.2 Å². The fourth-order valence-corrected chi connectivity index (χ4v) is 11.1. The molecular weight excluding hydrogens is 943 g/mol. The van der Waals surface area contributed by atoms with Gasteiger partial charge >= 0.3 is 6.09 Å². The minimum absolute atomic E-state index is 0.0120. The molecule has 0 spiro atoms. The molecule has 2 aliphatic carbocycles. The summed E-state index contributed by atoms with van der Waals surface area (Å²) in [7, 11) is 3.06. The molecule has 2 amide bonds. The summed E-state index contributed by atoms with van der Waals surface area (Å²) in [6.07, 6.45) is 18.1. The Morgan fingerprint density at radius 2 is 1.57 bits per heavy atom. The Labute approximate surface area is 439 Å². The van der Waals surface area contributed by atoms with Crippen LogP contribution in [0.15, 0.2) is 96.2 Å². The number of aliphatic hydroxyl groups excluding tert-OH is 3. The topological polar surface area (TPSA) is 187 Å². The molecule has 1 aliphatic heterocycles. The van der Waals surface area contributed by atoms with Crippen LogP contribution in [-0.4, -0.2) is 110 Å². The van der Waals surface area contributed by atoms with Crippen molar-refractivity contribution in [2.24, 2.45) is 22.9 Å². The zero-order valence-corrected chi connectivity index (χ0v) is 44.2. The summed E-state index contributed by atoms with van der Waals surface area (Å²) in [5.41, 5.74) is 3.71. The largest absolute Gasteiger partial charge is 0.497 e. The van der Waals surface area contributed by atoms with E-state index in [9.17, 15) is 20.1 Å². The van der Waals surface area contributed by atoms with Crippen LogP contribution in [0.25, 0.3) is 0 Å². The number of unbranched alkanes of at least 4 members (excludes halogenated alkanes) is 10. The number of allylic oxidation sites excluding steroid dienone is 1. The van der Waals surface area contributed by atoms with Gasteiger partial charge < -0.3 is 53.5 Å². The summed E-state index contributed by atoms with van der Waals surface area (Å²) in [6, 6.07) is 19.5. The zero-order valence-electron chi connectivity index (χ0n) is 44.2. The Morgan fingerprint density at radius 3 is 2.27 bits per heavy atom. The molecule has 3 aromatic rings. The lowest BCUT2D eigenvalue weighted by Gasteiger charge is -2.60. The highest BCUT2D eigenvalue weighted by molar-refractivity contribution is 6.03. The van der Waals surface area contributed by atoms with Gasteiger partial charge in [-0.05, 0) is 85.4 Å². The Bertz CT molecular complexity index is 2260. The molecule has 0 unspecified atom stereocenters.